The van der Waals surface area contributed by atoms with Crippen LogP contribution in [0.4, 0.5) is 24.5 Å². The molecule has 0 radical (unpaired) electrons. The number of carbonyl (C=O) groups excluding carboxylic acids is 2. The van der Waals surface area contributed by atoms with Crippen LogP contribution in [0.3, 0.4) is 0 Å². The Morgan fingerprint density at radius 3 is 2.53 bits per heavy atom. The van der Waals surface area contributed by atoms with Crippen LogP contribution in [0, 0.1) is 0 Å². The number of allylic oxidation sites excluding steroid dienone is 1. The molecule has 0 unspecified atom stereocenters. The lowest BCUT2D eigenvalue weighted by Gasteiger charge is -2.13. The number of nitrogens with two attached hydrogens (primary N) is 1. The predicted molar refractivity (Wildman–Crippen MR) is 120 cm³/mol. The molecule has 9 nitrogen and oxygen atoms in total. The number of pyridine rings is 1. The van der Waals surface area contributed by atoms with Gasteiger partial charge in [-0.1, -0.05) is 0 Å². The van der Waals surface area contributed by atoms with E-state index in [-0.39, 0.29) is 35.6 Å². The van der Waals surface area contributed by atoms with E-state index in [4.69, 9.17) is 5.73 Å². The third-order valence-corrected chi connectivity index (χ3v) is 4.97. The van der Waals surface area contributed by atoms with Gasteiger partial charge in [0, 0.05) is 31.3 Å². The summed E-state index contributed by atoms with van der Waals surface area (Å²) in [5.74, 6) is -0.746. The second-order valence-corrected chi connectivity index (χ2v) is 7.68. The first-order chi connectivity index (χ1) is 16.2. The first-order valence-corrected chi connectivity index (χ1v) is 10.5. The van der Waals surface area contributed by atoms with Gasteiger partial charge in [0.25, 0.3) is 5.91 Å². The Labute approximate surface area is 193 Å². The van der Waals surface area contributed by atoms with Crippen molar-refractivity contribution >= 4 is 29.3 Å². The topological polar surface area (TPSA) is 135 Å². The highest BCUT2D eigenvalue weighted by Crippen LogP contribution is 2.40. The highest BCUT2D eigenvalue weighted by Gasteiger charge is 2.28. The summed E-state index contributed by atoms with van der Waals surface area (Å²) in [5.41, 5.74) is 7.49. The van der Waals surface area contributed by atoms with Crippen molar-refractivity contribution in [1.29, 1.82) is 0 Å². The van der Waals surface area contributed by atoms with E-state index in [0.29, 0.717) is 17.3 Å². The van der Waals surface area contributed by atoms with Gasteiger partial charge < -0.3 is 16.4 Å². The van der Waals surface area contributed by atoms with E-state index in [1.165, 1.54) is 25.8 Å². The maximum atomic E-state index is 13.1. The number of rotatable bonds is 10. The predicted octanol–water partition coefficient (Wildman–Crippen LogP) is 3.05. The van der Waals surface area contributed by atoms with Crippen LogP contribution in [-0.4, -0.2) is 52.6 Å². The molecule has 1 fully saturated rings. The first-order valence-electron chi connectivity index (χ1n) is 10.5. The smallest absolute Gasteiger partial charge is 0.394 e. The van der Waals surface area contributed by atoms with Gasteiger partial charge in [-0.25, -0.2) is 15.0 Å². The molecule has 3 rings (SSSR count). The first kappa shape index (κ1) is 24.8. The molecule has 1 aliphatic rings. The summed E-state index contributed by atoms with van der Waals surface area (Å²) in [6, 6.07) is 3.60. The van der Waals surface area contributed by atoms with Crippen molar-refractivity contribution < 1.29 is 22.8 Å². The van der Waals surface area contributed by atoms with Gasteiger partial charge >= 0.3 is 6.18 Å². The highest BCUT2D eigenvalue weighted by atomic mass is 19.4. The van der Waals surface area contributed by atoms with Crippen molar-refractivity contribution in [3.8, 4) is 0 Å². The van der Waals surface area contributed by atoms with E-state index in [1.807, 2.05) is 6.07 Å². The Morgan fingerprint density at radius 2 is 1.91 bits per heavy atom. The molecule has 0 bridgehead atoms. The van der Waals surface area contributed by atoms with Gasteiger partial charge in [0.05, 0.1) is 23.8 Å². The molecule has 1 aliphatic carbocycles. The number of amides is 1. The standard InChI is InChI=1S/C22H24F3N7O2/c1-27-21(34)19(26)14(8-28-11-22(23,24)25)4-7-18(33)20-17(31-15-9-29-12-30-10-15)6-5-16(32-20)13-2-3-13/h5-6,8-10,12-13,31H,2-4,7,11,26H2,1H3,(H,27,34). The average Bonchev–Trinajstić information content (AvgIpc) is 3.66. The van der Waals surface area contributed by atoms with Gasteiger partial charge in [-0.2, -0.15) is 13.2 Å². The van der Waals surface area contributed by atoms with Gasteiger partial charge in [0.2, 0.25) is 0 Å². The molecule has 2 aromatic heterocycles. The Bertz CT molecular complexity index is 1100. The molecule has 2 aromatic rings. The quantitative estimate of drug-likeness (QED) is 0.273. The van der Waals surface area contributed by atoms with E-state index in [9.17, 15) is 22.8 Å². The van der Waals surface area contributed by atoms with Crippen LogP contribution in [0.1, 0.15) is 47.8 Å². The molecule has 0 aliphatic heterocycles. The van der Waals surface area contributed by atoms with Crippen LogP contribution < -0.4 is 16.4 Å². The number of anilines is 2. The number of nitrogens with one attached hydrogen (secondary N) is 2. The second-order valence-electron chi connectivity index (χ2n) is 7.68. The van der Waals surface area contributed by atoms with Crippen molar-refractivity contribution in [2.75, 3.05) is 18.9 Å². The minimum absolute atomic E-state index is 0.0290. The van der Waals surface area contributed by atoms with E-state index >= 15 is 0 Å². The molecule has 4 N–H and O–H groups in total. The Balaban J connectivity index is 1.83. The van der Waals surface area contributed by atoms with Gasteiger partial charge in [0.1, 0.15) is 24.3 Å². The summed E-state index contributed by atoms with van der Waals surface area (Å²) in [6.45, 7) is -1.43. The third kappa shape index (κ3) is 7.09. The number of likely N-dealkylation sites (N-methyl/N-ethyl adjacent to an activating group) is 1. The molecule has 1 saturated carbocycles. The number of alkyl halides is 3. The summed E-state index contributed by atoms with van der Waals surface area (Å²) in [7, 11) is 1.34. The molecular formula is C22H24F3N7O2. The highest BCUT2D eigenvalue weighted by molar-refractivity contribution is 6.02. The molecule has 34 heavy (non-hydrogen) atoms. The zero-order valence-electron chi connectivity index (χ0n) is 18.4. The molecule has 2 heterocycles. The molecular weight excluding hydrogens is 451 g/mol. The van der Waals surface area contributed by atoms with Crippen LogP contribution in [0.5, 0.6) is 0 Å². The number of hydrogen-bond donors (Lipinski definition) is 3. The summed E-state index contributed by atoms with van der Waals surface area (Å²) >= 11 is 0. The fourth-order valence-corrected chi connectivity index (χ4v) is 3.09. The van der Waals surface area contributed by atoms with Crippen LogP contribution in [0.25, 0.3) is 0 Å². The minimum Gasteiger partial charge on any atom is -0.394 e. The lowest BCUT2D eigenvalue weighted by atomic mass is 10.0. The summed E-state index contributed by atoms with van der Waals surface area (Å²) in [6.07, 6.45) is 2.58. The van der Waals surface area contributed by atoms with Gasteiger partial charge in [-0.05, 0) is 37.0 Å². The second kappa shape index (κ2) is 10.9. The molecule has 0 atom stereocenters. The zero-order chi connectivity index (χ0) is 24.7. The van der Waals surface area contributed by atoms with Crippen molar-refractivity contribution in [2.45, 2.75) is 37.8 Å². The van der Waals surface area contributed by atoms with Gasteiger partial charge in [0.15, 0.2) is 5.78 Å². The van der Waals surface area contributed by atoms with E-state index in [1.54, 1.807) is 6.07 Å². The number of halogens is 3. The summed E-state index contributed by atoms with van der Waals surface area (Å²) in [5, 5.41) is 5.38. The van der Waals surface area contributed by atoms with Crippen molar-refractivity contribution in [3.05, 3.63) is 53.5 Å². The minimum atomic E-state index is -4.51. The van der Waals surface area contributed by atoms with Crippen molar-refractivity contribution in [1.82, 2.24) is 20.3 Å². The molecule has 0 saturated heterocycles. The monoisotopic (exact) mass is 475 g/mol. The molecule has 1 amide bonds. The molecule has 180 valence electrons. The largest absolute Gasteiger partial charge is 0.407 e. The lowest BCUT2D eigenvalue weighted by molar-refractivity contribution is -0.118. The number of nitrogens with zero attached hydrogens (tertiary/aromatic N) is 4. The summed E-state index contributed by atoms with van der Waals surface area (Å²) in [4.78, 5) is 40.8. The Kier molecular flexibility index (Phi) is 7.92. The molecule has 0 spiro atoms. The van der Waals surface area contributed by atoms with Gasteiger partial charge in [-0.15, -0.1) is 0 Å². The SMILES string of the molecule is CNC(=O)C(N)=C(C=NCC(F)(F)F)CCC(=O)c1nc(C2CC2)ccc1Nc1cncnc1. The molecule has 12 heteroatoms. The van der Waals surface area contributed by atoms with Crippen LogP contribution >= 0.6 is 0 Å². The normalized spacial score (nSPS) is 14.6. The van der Waals surface area contributed by atoms with Crippen LogP contribution in [0.15, 0.2) is 47.1 Å². The van der Waals surface area contributed by atoms with Crippen molar-refractivity contribution in [2.24, 2.45) is 10.7 Å². The van der Waals surface area contributed by atoms with Crippen LogP contribution in [-0.2, 0) is 4.79 Å². The number of hydrogen-bond acceptors (Lipinski definition) is 8. The Hall–Kier alpha value is -3.83. The fraction of sp³-hybridized carbons (Fsp3) is 0.364. The maximum absolute atomic E-state index is 13.1. The third-order valence-electron chi connectivity index (χ3n) is 4.97. The Morgan fingerprint density at radius 1 is 1.21 bits per heavy atom. The van der Waals surface area contributed by atoms with Crippen LogP contribution in [0.2, 0.25) is 0 Å². The van der Waals surface area contributed by atoms with Gasteiger partial charge in [-0.3, -0.25) is 14.6 Å². The number of aliphatic imine (C=N–C) groups is 1. The number of ketones is 1. The van der Waals surface area contributed by atoms with E-state index in [2.05, 4.69) is 30.6 Å². The maximum Gasteiger partial charge on any atom is 0.407 e. The zero-order valence-corrected chi connectivity index (χ0v) is 18.4. The average molecular weight is 475 g/mol. The fourth-order valence-electron chi connectivity index (χ4n) is 3.09. The van der Waals surface area contributed by atoms with E-state index in [0.717, 1.165) is 24.8 Å². The lowest BCUT2D eigenvalue weighted by Crippen LogP contribution is -2.27. The number of Topliss-reactive ketones (excluding diaryl/α,β-unsaturated/α-hetero) is 1. The molecule has 0 aromatic carbocycles. The van der Waals surface area contributed by atoms with Crippen molar-refractivity contribution in [3.63, 3.8) is 0 Å². The number of carbonyl (C=O) groups is 2. The summed E-state index contributed by atoms with van der Waals surface area (Å²) < 4.78 is 37.4. The van der Waals surface area contributed by atoms with E-state index < -0.39 is 18.6 Å². The number of aromatic nitrogens is 3.